The van der Waals surface area contributed by atoms with Gasteiger partial charge in [-0.05, 0) is 56.6 Å². The molecule has 5 atom stereocenters. The molecule has 0 bridgehead atoms. The van der Waals surface area contributed by atoms with Crippen molar-refractivity contribution in [3.05, 3.63) is 59.2 Å². The summed E-state index contributed by atoms with van der Waals surface area (Å²) in [5.74, 6) is -0.0603. The molecule has 1 aromatic carbocycles. The van der Waals surface area contributed by atoms with Crippen LogP contribution in [0.3, 0.4) is 0 Å². The fraction of sp³-hybridized carbons (Fsp3) is 0.607. The first-order valence-electron chi connectivity index (χ1n) is 12.6. The van der Waals surface area contributed by atoms with E-state index in [9.17, 15) is 9.90 Å². The van der Waals surface area contributed by atoms with E-state index in [0.717, 1.165) is 50.0 Å². The van der Waals surface area contributed by atoms with Gasteiger partial charge in [0.2, 0.25) is 0 Å². The molecule has 4 aliphatic rings. The monoisotopic (exact) mass is 486 g/mol. The lowest BCUT2D eigenvalue weighted by atomic mass is 9.63. The van der Waals surface area contributed by atoms with E-state index in [0.29, 0.717) is 30.6 Å². The van der Waals surface area contributed by atoms with Crippen LogP contribution in [-0.2, 0) is 14.2 Å². The Morgan fingerprint density at radius 2 is 1.97 bits per heavy atom. The number of halogens is 1. The number of rotatable bonds is 7. The van der Waals surface area contributed by atoms with Gasteiger partial charge in [-0.2, -0.15) is 0 Å². The lowest BCUT2D eigenvalue weighted by molar-refractivity contribution is -0.157. The summed E-state index contributed by atoms with van der Waals surface area (Å²) < 4.78 is 18.1. The van der Waals surface area contributed by atoms with Crippen LogP contribution in [0.5, 0.6) is 0 Å². The molecule has 0 unspecified atom stereocenters. The van der Waals surface area contributed by atoms with Gasteiger partial charge >= 0.3 is 5.97 Å². The maximum absolute atomic E-state index is 12.9. The molecule has 0 radical (unpaired) electrons. The molecule has 1 heterocycles. The minimum absolute atomic E-state index is 0.0296. The van der Waals surface area contributed by atoms with Gasteiger partial charge in [0, 0.05) is 29.2 Å². The second-order valence-corrected chi connectivity index (χ2v) is 11.2. The SMILES string of the molecule is C/C(Cl)=C\CC1([C@H](O)C=C[C@@H]2[C@H]3CC4(C[C@H]3C[C@H]2OC(=O)c2ccccc2)OCCO4)CCC1. The Kier molecular flexibility index (Phi) is 6.91. The van der Waals surface area contributed by atoms with Gasteiger partial charge in [0.25, 0.3) is 0 Å². The number of carbonyl (C=O) groups excluding carboxylic acids is 1. The normalized spacial score (nSPS) is 32.6. The smallest absolute Gasteiger partial charge is 0.338 e. The van der Waals surface area contributed by atoms with Crippen molar-refractivity contribution >= 4 is 17.6 Å². The lowest BCUT2D eigenvalue weighted by Crippen LogP contribution is -2.40. The molecule has 3 aliphatic carbocycles. The van der Waals surface area contributed by atoms with Crippen LogP contribution in [0.15, 0.2) is 53.6 Å². The van der Waals surface area contributed by atoms with Gasteiger partial charge in [0.15, 0.2) is 5.79 Å². The van der Waals surface area contributed by atoms with Crippen LogP contribution >= 0.6 is 11.6 Å². The number of hydrogen-bond donors (Lipinski definition) is 1. The third-order valence-electron chi connectivity index (χ3n) is 8.55. The molecule has 3 saturated carbocycles. The second kappa shape index (κ2) is 9.77. The summed E-state index contributed by atoms with van der Waals surface area (Å²) in [6.45, 7) is 3.16. The number of hydrogen-bond acceptors (Lipinski definition) is 5. The van der Waals surface area contributed by atoms with E-state index in [1.54, 1.807) is 12.1 Å². The number of carbonyl (C=O) groups is 1. The highest BCUT2D eigenvalue weighted by Crippen LogP contribution is 2.56. The zero-order chi connectivity index (χ0) is 23.8. The molecule has 5 rings (SSSR count). The molecule has 34 heavy (non-hydrogen) atoms. The third kappa shape index (κ3) is 4.73. The number of aliphatic hydroxyl groups is 1. The Labute approximate surface area is 207 Å². The largest absolute Gasteiger partial charge is 0.458 e. The highest BCUT2D eigenvalue weighted by molar-refractivity contribution is 6.29. The van der Waals surface area contributed by atoms with Crippen molar-refractivity contribution < 1.29 is 24.1 Å². The number of allylic oxidation sites excluding steroid dienone is 2. The van der Waals surface area contributed by atoms with E-state index < -0.39 is 11.9 Å². The molecule has 1 aromatic rings. The predicted octanol–water partition coefficient (Wildman–Crippen LogP) is 5.62. The van der Waals surface area contributed by atoms with Crippen molar-refractivity contribution in [2.45, 2.75) is 69.9 Å². The molecule has 4 fully saturated rings. The molecule has 1 spiro atoms. The Morgan fingerprint density at radius 1 is 1.24 bits per heavy atom. The van der Waals surface area contributed by atoms with Gasteiger partial charge in [0.1, 0.15) is 6.10 Å². The van der Waals surface area contributed by atoms with Crippen molar-refractivity contribution in [1.29, 1.82) is 0 Å². The molecule has 1 N–H and O–H groups in total. The maximum atomic E-state index is 12.9. The van der Waals surface area contributed by atoms with Crippen LogP contribution in [0.25, 0.3) is 0 Å². The van der Waals surface area contributed by atoms with Crippen molar-refractivity contribution in [2.24, 2.45) is 23.2 Å². The van der Waals surface area contributed by atoms with E-state index in [4.69, 9.17) is 25.8 Å². The van der Waals surface area contributed by atoms with Crippen LogP contribution in [0.2, 0.25) is 0 Å². The van der Waals surface area contributed by atoms with Crippen LogP contribution in [0.1, 0.15) is 62.2 Å². The molecule has 5 nitrogen and oxygen atoms in total. The lowest BCUT2D eigenvalue weighted by Gasteiger charge is -2.44. The molecular weight excluding hydrogens is 452 g/mol. The summed E-state index contributed by atoms with van der Waals surface area (Å²) in [7, 11) is 0. The van der Waals surface area contributed by atoms with Crippen LogP contribution in [0, 0.1) is 23.2 Å². The van der Waals surface area contributed by atoms with E-state index in [-0.39, 0.29) is 23.4 Å². The van der Waals surface area contributed by atoms with Gasteiger partial charge in [-0.3, -0.25) is 0 Å². The fourth-order valence-corrected chi connectivity index (χ4v) is 6.62. The van der Waals surface area contributed by atoms with E-state index in [2.05, 4.69) is 6.08 Å². The van der Waals surface area contributed by atoms with E-state index >= 15 is 0 Å². The summed E-state index contributed by atoms with van der Waals surface area (Å²) in [5, 5.41) is 11.9. The second-order valence-electron chi connectivity index (χ2n) is 10.6. The highest BCUT2D eigenvalue weighted by atomic mass is 35.5. The minimum atomic E-state index is -0.549. The third-order valence-corrected chi connectivity index (χ3v) is 8.70. The molecule has 184 valence electrons. The topological polar surface area (TPSA) is 65.0 Å². The first-order chi connectivity index (χ1) is 16.4. The maximum Gasteiger partial charge on any atom is 0.338 e. The highest BCUT2D eigenvalue weighted by Gasteiger charge is 2.57. The van der Waals surface area contributed by atoms with Crippen molar-refractivity contribution in [1.82, 2.24) is 0 Å². The predicted molar refractivity (Wildman–Crippen MR) is 130 cm³/mol. The van der Waals surface area contributed by atoms with Crippen LogP contribution in [-0.4, -0.2) is 42.3 Å². The fourth-order valence-electron chi connectivity index (χ4n) is 6.54. The average molecular weight is 487 g/mol. The Morgan fingerprint density at radius 3 is 2.62 bits per heavy atom. The van der Waals surface area contributed by atoms with E-state index in [1.807, 2.05) is 37.3 Å². The van der Waals surface area contributed by atoms with Crippen molar-refractivity contribution in [2.75, 3.05) is 13.2 Å². The van der Waals surface area contributed by atoms with E-state index in [1.165, 1.54) is 0 Å². The summed E-state index contributed by atoms with van der Waals surface area (Å²) in [5.41, 5.74) is 0.424. The summed E-state index contributed by atoms with van der Waals surface area (Å²) >= 11 is 6.08. The number of esters is 1. The van der Waals surface area contributed by atoms with Gasteiger partial charge < -0.3 is 19.3 Å². The number of ether oxygens (including phenoxy) is 3. The molecule has 1 saturated heterocycles. The Hall–Kier alpha value is -1.66. The number of aliphatic hydroxyl groups excluding tert-OH is 1. The molecule has 0 amide bonds. The summed E-state index contributed by atoms with van der Waals surface area (Å²) in [6, 6.07) is 9.16. The zero-order valence-electron chi connectivity index (χ0n) is 19.8. The summed E-state index contributed by atoms with van der Waals surface area (Å²) in [6.07, 6.45) is 11.7. The quantitative estimate of drug-likeness (QED) is 0.400. The van der Waals surface area contributed by atoms with Crippen molar-refractivity contribution in [3.63, 3.8) is 0 Å². The van der Waals surface area contributed by atoms with Gasteiger partial charge in [-0.1, -0.05) is 54.4 Å². The van der Waals surface area contributed by atoms with Crippen molar-refractivity contribution in [3.8, 4) is 0 Å². The number of benzene rings is 1. The Bertz CT molecular complexity index is 927. The molecule has 0 aromatic heterocycles. The zero-order valence-corrected chi connectivity index (χ0v) is 20.6. The first-order valence-corrected chi connectivity index (χ1v) is 13.0. The van der Waals surface area contributed by atoms with Crippen LogP contribution < -0.4 is 0 Å². The number of fused-ring (bicyclic) bond motifs is 1. The summed E-state index contributed by atoms with van der Waals surface area (Å²) in [4.78, 5) is 12.9. The van der Waals surface area contributed by atoms with Gasteiger partial charge in [0.05, 0.1) is 24.9 Å². The Balaban J connectivity index is 1.34. The average Bonchev–Trinajstić information content (AvgIpc) is 3.47. The van der Waals surface area contributed by atoms with Gasteiger partial charge in [-0.25, -0.2) is 4.79 Å². The first kappa shape index (κ1) is 24.1. The standard InChI is InChI=1S/C28H35ClO5/c1-19(29)10-13-27(11-5-12-27)25(30)9-8-22-23-18-28(32-14-15-33-28)17-21(23)16-24(22)34-26(31)20-6-3-2-4-7-20/h2-4,6-10,21-25,30H,5,11-18H2,1H3/b9-8?,19-10+/t21-,22-,23+,24-,25-/m1/s1. The minimum Gasteiger partial charge on any atom is -0.458 e. The molecular formula is C28H35ClO5. The molecule has 6 heteroatoms. The van der Waals surface area contributed by atoms with Crippen LogP contribution in [0.4, 0.5) is 0 Å². The molecule has 1 aliphatic heterocycles. The van der Waals surface area contributed by atoms with Gasteiger partial charge in [-0.15, -0.1) is 0 Å².